The van der Waals surface area contributed by atoms with Crippen molar-refractivity contribution in [2.24, 2.45) is 0 Å². The number of benzene rings is 2. The Labute approximate surface area is 164 Å². The van der Waals surface area contributed by atoms with E-state index in [0.717, 1.165) is 29.2 Å². The monoisotopic (exact) mass is 382 g/mol. The Kier molecular flexibility index (Phi) is 6.68. The van der Waals surface area contributed by atoms with Gasteiger partial charge in [0, 0.05) is 17.1 Å². The topological polar surface area (TPSA) is 66.8 Å². The first-order valence-corrected chi connectivity index (χ1v) is 9.45. The molecule has 0 aliphatic rings. The first kappa shape index (κ1) is 19.2. The quantitative estimate of drug-likeness (QED) is 0.633. The summed E-state index contributed by atoms with van der Waals surface area (Å²) in [5.41, 5.74) is 1.97. The SMILES string of the molecule is CCN(CC)[C@H](CNc1nnc(-c2ccccc2)nn1)c1ccccc1Cl. The van der Waals surface area contributed by atoms with Crippen molar-refractivity contribution in [3.05, 3.63) is 65.2 Å². The van der Waals surface area contributed by atoms with Crippen LogP contribution < -0.4 is 5.32 Å². The van der Waals surface area contributed by atoms with E-state index in [1.165, 1.54) is 0 Å². The Morgan fingerprint density at radius 1 is 0.889 bits per heavy atom. The molecular formula is C20H23ClN6. The van der Waals surface area contributed by atoms with Gasteiger partial charge in [0.05, 0.1) is 6.04 Å². The van der Waals surface area contributed by atoms with Gasteiger partial charge in [0.2, 0.25) is 5.82 Å². The zero-order valence-electron chi connectivity index (χ0n) is 15.5. The molecule has 1 heterocycles. The summed E-state index contributed by atoms with van der Waals surface area (Å²) in [6, 6.07) is 17.7. The third-order valence-corrected chi connectivity index (χ3v) is 4.83. The molecule has 0 unspecified atom stereocenters. The number of anilines is 1. The molecule has 0 fully saturated rings. The van der Waals surface area contributed by atoms with Crippen LogP contribution in [0.25, 0.3) is 11.4 Å². The van der Waals surface area contributed by atoms with E-state index in [1.54, 1.807) is 0 Å². The molecule has 1 aromatic heterocycles. The van der Waals surface area contributed by atoms with Crippen molar-refractivity contribution in [2.45, 2.75) is 19.9 Å². The standard InChI is InChI=1S/C20H23ClN6/c1-3-27(4-2)18(16-12-8-9-13-17(16)21)14-22-20-25-23-19(24-26-20)15-10-6-5-7-11-15/h5-13,18H,3-4,14H2,1-2H3,(H,22,25,26)/t18-/m1/s1. The zero-order valence-corrected chi connectivity index (χ0v) is 16.3. The Morgan fingerprint density at radius 3 is 2.15 bits per heavy atom. The largest absolute Gasteiger partial charge is 0.350 e. The molecule has 0 aliphatic heterocycles. The maximum Gasteiger partial charge on any atom is 0.262 e. The summed E-state index contributed by atoms with van der Waals surface area (Å²) in [6.07, 6.45) is 0. The van der Waals surface area contributed by atoms with Gasteiger partial charge in [0.1, 0.15) is 0 Å². The van der Waals surface area contributed by atoms with Crippen molar-refractivity contribution in [3.8, 4) is 11.4 Å². The minimum absolute atomic E-state index is 0.103. The molecule has 0 spiro atoms. The maximum atomic E-state index is 6.44. The first-order chi connectivity index (χ1) is 13.2. The third kappa shape index (κ3) is 4.78. The molecule has 0 bridgehead atoms. The Balaban J connectivity index is 1.74. The predicted octanol–water partition coefficient (Wildman–Crippen LogP) is 4.08. The van der Waals surface area contributed by atoms with Crippen LogP contribution in [-0.2, 0) is 0 Å². The van der Waals surface area contributed by atoms with Gasteiger partial charge in [-0.15, -0.1) is 20.4 Å². The Bertz CT molecular complexity index is 837. The van der Waals surface area contributed by atoms with E-state index < -0.39 is 0 Å². The molecule has 0 aliphatic carbocycles. The molecule has 1 atom stereocenters. The zero-order chi connectivity index (χ0) is 19.1. The second-order valence-corrected chi connectivity index (χ2v) is 6.46. The number of aromatic nitrogens is 4. The van der Waals surface area contributed by atoms with Gasteiger partial charge in [-0.1, -0.05) is 74.0 Å². The molecule has 3 rings (SSSR count). The molecular weight excluding hydrogens is 360 g/mol. The van der Waals surface area contributed by atoms with E-state index in [-0.39, 0.29) is 6.04 Å². The van der Waals surface area contributed by atoms with Gasteiger partial charge in [-0.05, 0) is 24.7 Å². The van der Waals surface area contributed by atoms with Gasteiger partial charge >= 0.3 is 0 Å². The lowest BCUT2D eigenvalue weighted by molar-refractivity contribution is 0.228. The lowest BCUT2D eigenvalue weighted by Gasteiger charge is -2.30. The fraction of sp³-hybridized carbons (Fsp3) is 0.300. The summed E-state index contributed by atoms with van der Waals surface area (Å²) < 4.78 is 0. The van der Waals surface area contributed by atoms with Gasteiger partial charge in [-0.3, -0.25) is 4.90 Å². The van der Waals surface area contributed by atoms with Gasteiger partial charge in [0.15, 0.2) is 0 Å². The van der Waals surface area contributed by atoms with Crippen LogP contribution in [0.1, 0.15) is 25.5 Å². The van der Waals surface area contributed by atoms with Gasteiger partial charge in [-0.2, -0.15) is 0 Å². The van der Waals surface area contributed by atoms with Crippen LogP contribution in [0.15, 0.2) is 54.6 Å². The average Bonchev–Trinajstić information content (AvgIpc) is 2.73. The molecule has 27 heavy (non-hydrogen) atoms. The van der Waals surface area contributed by atoms with Crippen LogP contribution in [0.3, 0.4) is 0 Å². The highest BCUT2D eigenvalue weighted by Crippen LogP contribution is 2.27. The Hall–Kier alpha value is -2.57. The maximum absolute atomic E-state index is 6.44. The number of nitrogens with one attached hydrogen (secondary N) is 1. The summed E-state index contributed by atoms with van der Waals surface area (Å²) in [5, 5.41) is 20.7. The molecule has 140 valence electrons. The smallest absolute Gasteiger partial charge is 0.262 e. The van der Waals surface area contributed by atoms with E-state index in [2.05, 4.69) is 50.5 Å². The van der Waals surface area contributed by atoms with E-state index in [4.69, 9.17) is 11.6 Å². The summed E-state index contributed by atoms with van der Waals surface area (Å²) in [7, 11) is 0. The number of nitrogens with zero attached hydrogens (tertiary/aromatic N) is 5. The van der Waals surface area contributed by atoms with Crippen LogP contribution in [0.5, 0.6) is 0 Å². The fourth-order valence-electron chi connectivity index (χ4n) is 3.04. The summed E-state index contributed by atoms with van der Waals surface area (Å²) >= 11 is 6.44. The molecule has 0 amide bonds. The molecule has 2 aromatic carbocycles. The molecule has 6 nitrogen and oxygen atoms in total. The molecule has 0 saturated heterocycles. The Morgan fingerprint density at radius 2 is 1.52 bits per heavy atom. The fourth-order valence-corrected chi connectivity index (χ4v) is 3.30. The lowest BCUT2D eigenvalue weighted by atomic mass is 10.0. The van der Waals surface area contributed by atoms with Crippen LogP contribution >= 0.6 is 11.6 Å². The van der Waals surface area contributed by atoms with Crippen molar-refractivity contribution in [1.29, 1.82) is 0 Å². The van der Waals surface area contributed by atoms with Crippen LogP contribution in [0.2, 0.25) is 5.02 Å². The average molecular weight is 383 g/mol. The molecule has 3 aromatic rings. The molecule has 0 saturated carbocycles. The first-order valence-electron chi connectivity index (χ1n) is 9.08. The van der Waals surface area contributed by atoms with Crippen LogP contribution in [-0.4, -0.2) is 44.9 Å². The number of halogens is 1. The highest BCUT2D eigenvalue weighted by molar-refractivity contribution is 6.31. The van der Waals surface area contributed by atoms with Crippen molar-refractivity contribution in [1.82, 2.24) is 25.3 Å². The van der Waals surface area contributed by atoms with Gasteiger partial charge in [0.25, 0.3) is 5.95 Å². The van der Waals surface area contributed by atoms with Gasteiger partial charge in [-0.25, -0.2) is 0 Å². The summed E-state index contributed by atoms with van der Waals surface area (Å²) in [6.45, 7) is 6.72. The summed E-state index contributed by atoms with van der Waals surface area (Å²) in [4.78, 5) is 2.34. The second kappa shape index (κ2) is 9.39. The highest BCUT2D eigenvalue weighted by atomic mass is 35.5. The predicted molar refractivity (Wildman–Crippen MR) is 109 cm³/mol. The normalized spacial score (nSPS) is 12.1. The van der Waals surface area contributed by atoms with E-state index in [1.807, 2.05) is 48.5 Å². The van der Waals surface area contributed by atoms with E-state index >= 15 is 0 Å². The number of rotatable bonds is 8. The van der Waals surface area contributed by atoms with Gasteiger partial charge < -0.3 is 5.32 Å². The van der Waals surface area contributed by atoms with Crippen molar-refractivity contribution in [3.63, 3.8) is 0 Å². The minimum Gasteiger partial charge on any atom is -0.350 e. The number of hydrogen-bond acceptors (Lipinski definition) is 6. The van der Waals surface area contributed by atoms with E-state index in [9.17, 15) is 0 Å². The number of likely N-dealkylation sites (N-methyl/N-ethyl adjacent to an activating group) is 1. The van der Waals surface area contributed by atoms with Crippen LogP contribution in [0.4, 0.5) is 5.95 Å². The van der Waals surface area contributed by atoms with Crippen LogP contribution in [0, 0.1) is 0 Å². The molecule has 0 radical (unpaired) electrons. The van der Waals surface area contributed by atoms with E-state index in [0.29, 0.717) is 18.3 Å². The third-order valence-electron chi connectivity index (χ3n) is 4.48. The highest BCUT2D eigenvalue weighted by Gasteiger charge is 2.20. The lowest BCUT2D eigenvalue weighted by Crippen LogP contribution is -2.33. The molecule has 7 heteroatoms. The summed E-state index contributed by atoms with van der Waals surface area (Å²) in [5.74, 6) is 0.909. The van der Waals surface area contributed by atoms with Crippen molar-refractivity contribution in [2.75, 3.05) is 25.0 Å². The minimum atomic E-state index is 0.103. The van der Waals surface area contributed by atoms with Crippen molar-refractivity contribution < 1.29 is 0 Å². The number of hydrogen-bond donors (Lipinski definition) is 1. The second-order valence-electron chi connectivity index (χ2n) is 6.05. The molecule has 1 N–H and O–H groups in total. The van der Waals surface area contributed by atoms with Crippen molar-refractivity contribution >= 4 is 17.5 Å².